The van der Waals surface area contributed by atoms with E-state index < -0.39 is 10.2 Å². The van der Waals surface area contributed by atoms with Crippen molar-refractivity contribution in [2.45, 2.75) is 0 Å². The van der Waals surface area contributed by atoms with Gasteiger partial charge in [0.2, 0.25) is 0 Å². The largest absolute Gasteiger partial charge is 0.281 e. The van der Waals surface area contributed by atoms with Gasteiger partial charge in [-0.1, -0.05) is 0 Å². The fraction of sp³-hybridized carbons (Fsp3) is 1.00. The molecule has 0 aromatic heterocycles. The predicted octanol–water partition coefficient (Wildman–Crippen LogP) is -1.72. The van der Waals surface area contributed by atoms with Gasteiger partial charge in [0.1, 0.15) is 0 Å². The summed E-state index contributed by atoms with van der Waals surface area (Å²) in [5.41, 5.74) is 0. The second kappa shape index (κ2) is 3.89. The van der Waals surface area contributed by atoms with Gasteiger partial charge in [-0.3, -0.25) is 5.84 Å². The van der Waals surface area contributed by atoms with Gasteiger partial charge >= 0.3 is 0 Å². The molecule has 1 heterocycles. The zero-order chi connectivity index (χ0) is 10.1. The van der Waals surface area contributed by atoms with Crippen LogP contribution < -0.4 is 5.84 Å². The van der Waals surface area contributed by atoms with Gasteiger partial charge < -0.3 is 0 Å². The molecule has 0 saturated carbocycles. The Labute approximate surface area is 79.0 Å². The van der Waals surface area contributed by atoms with Crippen LogP contribution in [0.25, 0.3) is 0 Å². The highest BCUT2D eigenvalue weighted by atomic mass is 32.2. The summed E-state index contributed by atoms with van der Waals surface area (Å²) in [5.74, 6) is 5.51. The highest BCUT2D eigenvalue weighted by Crippen LogP contribution is 2.07. The molecule has 1 saturated heterocycles. The minimum absolute atomic E-state index is 0.469. The average Bonchev–Trinajstić information content (AvgIpc) is 2.04. The number of rotatable bonds is 2. The van der Waals surface area contributed by atoms with E-state index in [1.807, 2.05) is 0 Å². The van der Waals surface area contributed by atoms with Crippen LogP contribution in [0.1, 0.15) is 0 Å². The number of hydrogen-bond donors (Lipinski definition) is 1. The van der Waals surface area contributed by atoms with Gasteiger partial charge in [0.25, 0.3) is 10.2 Å². The molecule has 1 aliphatic rings. The van der Waals surface area contributed by atoms with Crippen LogP contribution in [0.3, 0.4) is 0 Å². The average molecular weight is 208 g/mol. The molecule has 0 aromatic rings. The lowest BCUT2D eigenvalue weighted by atomic mass is 10.4. The Balaban J connectivity index is 2.64. The van der Waals surface area contributed by atoms with E-state index in [-0.39, 0.29) is 0 Å². The van der Waals surface area contributed by atoms with Crippen LogP contribution in [0, 0.1) is 0 Å². The molecule has 0 aromatic carbocycles. The first kappa shape index (κ1) is 10.9. The lowest BCUT2D eigenvalue weighted by Crippen LogP contribution is -2.53. The van der Waals surface area contributed by atoms with E-state index in [2.05, 4.69) is 0 Å². The van der Waals surface area contributed by atoms with Crippen molar-refractivity contribution < 1.29 is 8.42 Å². The van der Waals surface area contributed by atoms with Crippen LogP contribution in [0.15, 0.2) is 0 Å². The summed E-state index contributed by atoms with van der Waals surface area (Å²) in [5, 5.41) is 1.63. The van der Waals surface area contributed by atoms with Crippen LogP contribution >= 0.6 is 0 Å². The van der Waals surface area contributed by atoms with Crippen molar-refractivity contribution in [2.75, 3.05) is 40.3 Å². The molecule has 0 spiro atoms. The van der Waals surface area contributed by atoms with E-state index in [1.54, 1.807) is 5.01 Å². The molecule has 13 heavy (non-hydrogen) atoms. The fourth-order valence-electron chi connectivity index (χ4n) is 1.17. The lowest BCUT2D eigenvalue weighted by Gasteiger charge is -2.32. The minimum atomic E-state index is -3.24. The third-order valence-corrected chi connectivity index (χ3v) is 4.00. The summed E-state index contributed by atoms with van der Waals surface area (Å²) in [7, 11) is -0.175. The highest BCUT2D eigenvalue weighted by Gasteiger charge is 2.27. The molecule has 1 aliphatic heterocycles. The molecule has 0 bridgehead atoms. The van der Waals surface area contributed by atoms with Gasteiger partial charge in [-0.15, -0.1) is 0 Å². The maximum absolute atomic E-state index is 11.6. The molecule has 6 nitrogen and oxygen atoms in total. The first-order valence-electron chi connectivity index (χ1n) is 4.12. The zero-order valence-corrected chi connectivity index (χ0v) is 8.79. The van der Waals surface area contributed by atoms with E-state index in [1.165, 1.54) is 22.7 Å². The number of nitrogens with two attached hydrogens (primary N) is 1. The lowest BCUT2D eigenvalue weighted by molar-refractivity contribution is 0.187. The summed E-state index contributed by atoms with van der Waals surface area (Å²) in [6, 6.07) is 0. The number of piperazine rings is 1. The highest BCUT2D eigenvalue weighted by molar-refractivity contribution is 7.86. The van der Waals surface area contributed by atoms with Crippen LogP contribution in [0.5, 0.6) is 0 Å². The molecule has 1 rings (SSSR count). The quantitative estimate of drug-likeness (QED) is 0.548. The van der Waals surface area contributed by atoms with Gasteiger partial charge in [-0.2, -0.15) is 17.0 Å². The van der Waals surface area contributed by atoms with Crippen LogP contribution in [-0.4, -0.2) is 62.3 Å². The van der Waals surface area contributed by atoms with Gasteiger partial charge in [-0.05, 0) is 0 Å². The number of hydrogen-bond acceptors (Lipinski definition) is 4. The van der Waals surface area contributed by atoms with Gasteiger partial charge in [0.05, 0.1) is 0 Å². The molecule has 0 amide bonds. The maximum atomic E-state index is 11.6. The second-order valence-electron chi connectivity index (χ2n) is 3.23. The molecule has 7 heteroatoms. The van der Waals surface area contributed by atoms with Crippen LogP contribution in [-0.2, 0) is 10.2 Å². The molecular weight excluding hydrogens is 192 g/mol. The normalized spacial score (nSPS) is 22.5. The number of nitrogens with zero attached hydrogens (tertiary/aromatic N) is 3. The Kier molecular flexibility index (Phi) is 3.25. The van der Waals surface area contributed by atoms with E-state index in [9.17, 15) is 8.42 Å². The monoisotopic (exact) mass is 208 g/mol. The summed E-state index contributed by atoms with van der Waals surface area (Å²) in [6.07, 6.45) is 0. The maximum Gasteiger partial charge on any atom is 0.281 e. The van der Waals surface area contributed by atoms with Crippen molar-refractivity contribution in [1.82, 2.24) is 13.6 Å². The van der Waals surface area contributed by atoms with E-state index in [4.69, 9.17) is 5.84 Å². The zero-order valence-electron chi connectivity index (χ0n) is 7.97. The summed E-state index contributed by atoms with van der Waals surface area (Å²) in [6.45, 7) is 2.12. The van der Waals surface area contributed by atoms with Crippen LogP contribution in [0.4, 0.5) is 0 Å². The van der Waals surface area contributed by atoms with Crippen molar-refractivity contribution >= 4 is 10.2 Å². The van der Waals surface area contributed by atoms with Gasteiger partial charge in [-0.25, -0.2) is 5.01 Å². The third-order valence-electron chi connectivity index (χ3n) is 2.06. The molecule has 0 radical (unpaired) electrons. The Morgan fingerprint density at radius 2 is 1.62 bits per heavy atom. The Morgan fingerprint density at radius 3 is 2.00 bits per heavy atom. The number of hydrazine groups is 1. The molecule has 0 unspecified atom stereocenters. The standard InChI is InChI=1S/C6H16N4O2S/c1-8(2)13(11,12)10-5-3-9(7)4-6-10/h3-7H2,1-2H3. The topological polar surface area (TPSA) is 69.9 Å². The molecule has 2 N–H and O–H groups in total. The van der Waals surface area contributed by atoms with Crippen molar-refractivity contribution in [3.8, 4) is 0 Å². The minimum Gasteiger partial charge on any atom is -0.269 e. The Hall–Kier alpha value is -0.210. The fourth-order valence-corrected chi connectivity index (χ4v) is 2.25. The molecule has 0 atom stereocenters. The third kappa shape index (κ3) is 2.38. The Morgan fingerprint density at radius 1 is 1.15 bits per heavy atom. The van der Waals surface area contributed by atoms with Gasteiger partial charge in [0.15, 0.2) is 0 Å². The first-order valence-corrected chi connectivity index (χ1v) is 5.51. The summed E-state index contributed by atoms with van der Waals surface area (Å²) in [4.78, 5) is 0. The van der Waals surface area contributed by atoms with Crippen LogP contribution in [0.2, 0.25) is 0 Å². The van der Waals surface area contributed by atoms with Crippen molar-refractivity contribution in [2.24, 2.45) is 5.84 Å². The first-order chi connectivity index (χ1) is 5.94. The molecule has 0 aliphatic carbocycles. The molecular formula is C6H16N4O2S. The predicted molar refractivity (Wildman–Crippen MR) is 49.9 cm³/mol. The molecule has 78 valence electrons. The van der Waals surface area contributed by atoms with E-state index >= 15 is 0 Å². The van der Waals surface area contributed by atoms with Crippen molar-refractivity contribution in [3.63, 3.8) is 0 Å². The smallest absolute Gasteiger partial charge is 0.269 e. The SMILES string of the molecule is CN(C)S(=O)(=O)N1CCN(N)CC1. The van der Waals surface area contributed by atoms with Crippen molar-refractivity contribution in [3.05, 3.63) is 0 Å². The van der Waals surface area contributed by atoms with Gasteiger partial charge in [0, 0.05) is 40.3 Å². The Bertz CT molecular complexity index is 256. The van der Waals surface area contributed by atoms with Crippen molar-refractivity contribution in [1.29, 1.82) is 0 Å². The summed E-state index contributed by atoms with van der Waals surface area (Å²) < 4.78 is 25.8. The second-order valence-corrected chi connectivity index (χ2v) is 5.37. The summed E-state index contributed by atoms with van der Waals surface area (Å²) >= 11 is 0. The van der Waals surface area contributed by atoms with E-state index in [0.29, 0.717) is 26.2 Å². The molecule has 1 fully saturated rings. The van der Waals surface area contributed by atoms with E-state index in [0.717, 1.165) is 0 Å².